The van der Waals surface area contributed by atoms with E-state index in [0.717, 1.165) is 26.0 Å². The molecule has 0 aromatic heterocycles. The molecule has 2 aromatic rings. The summed E-state index contributed by atoms with van der Waals surface area (Å²) >= 11 is 9.30. The molecule has 0 bridgehead atoms. The normalized spacial score (nSPS) is 10.6. The number of fused-ring (bicyclic) bond motifs is 1. The Kier molecular flexibility index (Phi) is 2.18. The van der Waals surface area contributed by atoms with Gasteiger partial charge in [-0.25, -0.2) is 0 Å². The monoisotopic (exact) mass is 255 g/mol. The fourth-order valence-electron chi connectivity index (χ4n) is 1.28. The van der Waals surface area contributed by atoms with Gasteiger partial charge >= 0.3 is 0 Å². The Labute approximate surface area is 89.6 Å². The van der Waals surface area contributed by atoms with Gasteiger partial charge in [0.2, 0.25) is 0 Å². The van der Waals surface area contributed by atoms with Gasteiger partial charge in [0, 0.05) is 15.2 Å². The van der Waals surface area contributed by atoms with Gasteiger partial charge in [-0.15, -0.1) is 0 Å². The molecule has 0 fully saturated rings. The summed E-state index contributed by atoms with van der Waals surface area (Å²) in [4.78, 5) is 0. The Hall–Kier alpha value is -0.730. The van der Waals surface area contributed by atoms with Crippen LogP contribution >= 0.6 is 27.5 Å². The summed E-state index contributed by atoms with van der Waals surface area (Å²) in [5.74, 6) is 0. The van der Waals surface area contributed by atoms with Gasteiger partial charge in [-0.05, 0) is 44.9 Å². The van der Waals surface area contributed by atoms with Crippen molar-refractivity contribution < 1.29 is 0 Å². The molecule has 0 radical (unpaired) electrons. The van der Waals surface area contributed by atoms with Crippen LogP contribution < -0.4 is 5.73 Å². The number of nitrogen functional groups attached to an aromatic ring is 1. The molecule has 2 N–H and O–H groups in total. The predicted molar refractivity (Wildman–Crippen MR) is 61.1 cm³/mol. The molecule has 0 aliphatic carbocycles. The minimum Gasteiger partial charge on any atom is -0.398 e. The van der Waals surface area contributed by atoms with Gasteiger partial charge in [0.15, 0.2) is 0 Å². The summed E-state index contributed by atoms with van der Waals surface area (Å²) in [7, 11) is 0. The summed E-state index contributed by atoms with van der Waals surface area (Å²) < 4.78 is 0.932. The molecule has 0 saturated heterocycles. The fraction of sp³-hybridized carbons (Fsp3) is 0. The van der Waals surface area contributed by atoms with E-state index in [1.165, 1.54) is 0 Å². The van der Waals surface area contributed by atoms with E-state index in [2.05, 4.69) is 15.9 Å². The zero-order chi connectivity index (χ0) is 9.42. The highest BCUT2D eigenvalue weighted by molar-refractivity contribution is 9.10. The van der Waals surface area contributed by atoms with Gasteiger partial charge in [-0.3, -0.25) is 0 Å². The Morgan fingerprint density at radius 2 is 1.92 bits per heavy atom. The zero-order valence-corrected chi connectivity index (χ0v) is 9.06. The smallest absolute Gasteiger partial charge is 0.0483 e. The maximum absolute atomic E-state index is 5.86. The molecule has 0 spiro atoms. The van der Waals surface area contributed by atoms with E-state index in [9.17, 15) is 0 Å². The SMILES string of the molecule is Nc1ccc2cc(Cl)ccc2c1Br. The van der Waals surface area contributed by atoms with E-state index in [1.54, 1.807) is 0 Å². The first-order chi connectivity index (χ1) is 6.18. The molecule has 0 heterocycles. The number of hydrogen-bond donors (Lipinski definition) is 1. The molecule has 0 saturated carbocycles. The van der Waals surface area contributed by atoms with Crippen molar-refractivity contribution in [1.29, 1.82) is 0 Å². The van der Waals surface area contributed by atoms with Crippen molar-refractivity contribution in [1.82, 2.24) is 0 Å². The number of anilines is 1. The highest BCUT2D eigenvalue weighted by atomic mass is 79.9. The van der Waals surface area contributed by atoms with Crippen molar-refractivity contribution in [2.75, 3.05) is 5.73 Å². The second kappa shape index (κ2) is 3.20. The first-order valence-corrected chi connectivity index (χ1v) is 4.99. The first-order valence-electron chi connectivity index (χ1n) is 3.82. The third kappa shape index (κ3) is 1.52. The highest BCUT2D eigenvalue weighted by Crippen LogP contribution is 2.30. The number of rotatable bonds is 0. The average molecular weight is 257 g/mol. The van der Waals surface area contributed by atoms with Crippen LogP contribution in [-0.2, 0) is 0 Å². The van der Waals surface area contributed by atoms with Gasteiger partial charge in [0.25, 0.3) is 0 Å². The minimum absolute atomic E-state index is 0.740. The Balaban J connectivity index is 2.87. The molecule has 0 atom stereocenters. The molecule has 2 rings (SSSR count). The van der Waals surface area contributed by atoms with Crippen LogP contribution in [-0.4, -0.2) is 0 Å². The summed E-state index contributed by atoms with van der Waals surface area (Å²) in [5.41, 5.74) is 6.49. The van der Waals surface area contributed by atoms with Crippen LogP contribution in [0.5, 0.6) is 0 Å². The van der Waals surface area contributed by atoms with Crippen LogP contribution in [0.25, 0.3) is 10.8 Å². The van der Waals surface area contributed by atoms with E-state index < -0.39 is 0 Å². The summed E-state index contributed by atoms with van der Waals surface area (Å²) in [6, 6.07) is 9.55. The van der Waals surface area contributed by atoms with Gasteiger partial charge < -0.3 is 5.73 Å². The molecule has 0 unspecified atom stereocenters. The summed E-state index contributed by atoms with van der Waals surface area (Å²) in [6.07, 6.45) is 0. The summed E-state index contributed by atoms with van der Waals surface area (Å²) in [5, 5.41) is 2.92. The molecular formula is C10H7BrClN. The second-order valence-corrected chi connectivity index (χ2v) is 4.06. The largest absolute Gasteiger partial charge is 0.398 e. The lowest BCUT2D eigenvalue weighted by Gasteiger charge is -2.03. The van der Waals surface area contributed by atoms with E-state index in [-0.39, 0.29) is 0 Å². The molecule has 0 amide bonds. The number of nitrogens with two attached hydrogens (primary N) is 1. The molecule has 0 aliphatic heterocycles. The van der Waals surface area contributed by atoms with E-state index in [1.807, 2.05) is 30.3 Å². The number of benzene rings is 2. The van der Waals surface area contributed by atoms with Crippen molar-refractivity contribution >= 4 is 44.0 Å². The van der Waals surface area contributed by atoms with E-state index >= 15 is 0 Å². The van der Waals surface area contributed by atoms with Crippen LogP contribution in [0.2, 0.25) is 5.02 Å². The lowest BCUT2D eigenvalue weighted by atomic mass is 10.1. The second-order valence-electron chi connectivity index (χ2n) is 2.83. The zero-order valence-electron chi connectivity index (χ0n) is 6.72. The van der Waals surface area contributed by atoms with Gasteiger partial charge in [-0.1, -0.05) is 23.7 Å². The molecule has 1 nitrogen and oxygen atoms in total. The third-order valence-corrected chi connectivity index (χ3v) is 3.07. The Morgan fingerprint density at radius 3 is 2.69 bits per heavy atom. The number of hydrogen-bond acceptors (Lipinski definition) is 1. The van der Waals surface area contributed by atoms with Crippen LogP contribution in [0.3, 0.4) is 0 Å². The van der Waals surface area contributed by atoms with Crippen molar-refractivity contribution in [3.8, 4) is 0 Å². The Bertz CT molecular complexity index is 468. The van der Waals surface area contributed by atoms with E-state index in [4.69, 9.17) is 17.3 Å². The van der Waals surface area contributed by atoms with Gasteiger partial charge in [0.1, 0.15) is 0 Å². The highest BCUT2D eigenvalue weighted by Gasteiger charge is 2.01. The predicted octanol–water partition coefficient (Wildman–Crippen LogP) is 3.84. The van der Waals surface area contributed by atoms with Crippen molar-refractivity contribution in [3.63, 3.8) is 0 Å². The van der Waals surface area contributed by atoms with E-state index in [0.29, 0.717) is 0 Å². The summed E-state index contributed by atoms with van der Waals surface area (Å²) in [6.45, 7) is 0. The molecule has 2 aromatic carbocycles. The maximum Gasteiger partial charge on any atom is 0.0483 e. The fourth-order valence-corrected chi connectivity index (χ4v) is 1.95. The molecule has 66 valence electrons. The van der Waals surface area contributed by atoms with Crippen LogP contribution in [0, 0.1) is 0 Å². The van der Waals surface area contributed by atoms with Crippen LogP contribution in [0.15, 0.2) is 34.8 Å². The average Bonchev–Trinajstić information content (AvgIpc) is 2.12. The molecule has 3 heteroatoms. The van der Waals surface area contributed by atoms with Crippen LogP contribution in [0.4, 0.5) is 5.69 Å². The van der Waals surface area contributed by atoms with Gasteiger partial charge in [-0.2, -0.15) is 0 Å². The van der Waals surface area contributed by atoms with Crippen LogP contribution in [0.1, 0.15) is 0 Å². The Morgan fingerprint density at radius 1 is 1.15 bits per heavy atom. The van der Waals surface area contributed by atoms with Gasteiger partial charge in [0.05, 0.1) is 0 Å². The standard InChI is InChI=1S/C10H7BrClN/c11-10-8-3-2-7(12)5-6(8)1-4-9(10)13/h1-5H,13H2. The first kappa shape index (κ1) is 8.85. The minimum atomic E-state index is 0.740. The lowest BCUT2D eigenvalue weighted by Crippen LogP contribution is -1.86. The van der Waals surface area contributed by atoms with Crippen molar-refractivity contribution in [2.45, 2.75) is 0 Å². The third-order valence-electron chi connectivity index (χ3n) is 1.95. The lowest BCUT2D eigenvalue weighted by molar-refractivity contribution is 1.68. The maximum atomic E-state index is 5.86. The molecule has 13 heavy (non-hydrogen) atoms. The molecular weight excluding hydrogens is 249 g/mol. The topological polar surface area (TPSA) is 26.0 Å². The molecule has 0 aliphatic rings. The number of halogens is 2. The van der Waals surface area contributed by atoms with Crippen molar-refractivity contribution in [3.05, 3.63) is 39.8 Å². The van der Waals surface area contributed by atoms with Crippen molar-refractivity contribution in [2.24, 2.45) is 0 Å². The quantitative estimate of drug-likeness (QED) is 0.712.